The zero-order valence-electron chi connectivity index (χ0n) is 21.0. The van der Waals surface area contributed by atoms with Crippen molar-refractivity contribution in [3.05, 3.63) is 137 Å². The average molecular weight is 519 g/mol. The number of aryl methyl sites for hydroxylation is 1. The first-order valence-electron chi connectivity index (χ1n) is 12.5. The van der Waals surface area contributed by atoms with Crippen LogP contribution < -0.4 is 5.32 Å². The summed E-state index contributed by atoms with van der Waals surface area (Å²) in [6.07, 6.45) is 4.16. The van der Waals surface area contributed by atoms with E-state index >= 15 is 0 Å². The highest BCUT2D eigenvalue weighted by Gasteiger charge is 2.22. The van der Waals surface area contributed by atoms with Crippen molar-refractivity contribution in [3.63, 3.8) is 0 Å². The number of nitrogens with zero attached hydrogens (tertiary/aromatic N) is 3. The van der Waals surface area contributed by atoms with Crippen molar-refractivity contribution in [1.82, 2.24) is 20.3 Å². The van der Waals surface area contributed by atoms with Crippen molar-refractivity contribution in [2.24, 2.45) is 0 Å². The summed E-state index contributed by atoms with van der Waals surface area (Å²) in [7, 11) is 0. The third kappa shape index (κ3) is 5.79. The molecule has 38 heavy (non-hydrogen) atoms. The van der Waals surface area contributed by atoms with Gasteiger partial charge in [-0.3, -0.25) is 9.78 Å². The highest BCUT2D eigenvalue weighted by atomic mass is 35.5. The number of halogens is 1. The van der Waals surface area contributed by atoms with E-state index in [1.165, 1.54) is 11.1 Å². The number of carbonyl (C=O) groups is 1. The minimum absolute atomic E-state index is 0.162. The van der Waals surface area contributed by atoms with Gasteiger partial charge < -0.3 is 5.32 Å². The Morgan fingerprint density at radius 1 is 0.842 bits per heavy atom. The van der Waals surface area contributed by atoms with E-state index in [1.54, 1.807) is 18.5 Å². The normalized spacial score (nSPS) is 10.9. The number of rotatable bonds is 8. The summed E-state index contributed by atoms with van der Waals surface area (Å²) in [5.41, 5.74) is 5.54. The van der Waals surface area contributed by atoms with Gasteiger partial charge in [0.15, 0.2) is 5.82 Å². The molecule has 0 radical (unpaired) electrons. The molecule has 0 aliphatic rings. The molecule has 1 amide bonds. The van der Waals surface area contributed by atoms with Gasteiger partial charge in [-0.25, -0.2) is 9.97 Å². The number of aromatic nitrogens is 3. The predicted octanol–water partition coefficient (Wildman–Crippen LogP) is 7.12. The molecule has 0 aliphatic carbocycles. The lowest BCUT2D eigenvalue weighted by molar-refractivity contribution is 0.0952. The number of carbonyl (C=O) groups excluding carboxylic acids is 1. The van der Waals surface area contributed by atoms with Crippen LogP contribution in [0.3, 0.4) is 0 Å². The summed E-state index contributed by atoms with van der Waals surface area (Å²) in [5.74, 6) is 0.459. The van der Waals surface area contributed by atoms with Crippen LogP contribution in [0.25, 0.3) is 22.6 Å². The molecule has 5 aromatic rings. The largest absolute Gasteiger partial charge is 0.352 e. The third-order valence-electron chi connectivity index (χ3n) is 6.46. The van der Waals surface area contributed by atoms with Crippen LogP contribution >= 0.6 is 11.6 Å². The van der Waals surface area contributed by atoms with Crippen LogP contribution in [0.5, 0.6) is 0 Å². The first-order valence-corrected chi connectivity index (χ1v) is 12.9. The molecule has 0 atom stereocenters. The molecule has 0 aliphatic heterocycles. The summed E-state index contributed by atoms with van der Waals surface area (Å²) in [6, 6.07) is 31.8. The van der Waals surface area contributed by atoms with Gasteiger partial charge in [0.2, 0.25) is 0 Å². The molecule has 0 unspecified atom stereocenters. The van der Waals surface area contributed by atoms with Gasteiger partial charge in [0.1, 0.15) is 0 Å². The molecule has 0 bridgehead atoms. The lowest BCUT2D eigenvalue weighted by Gasteiger charge is -2.19. The molecule has 0 saturated heterocycles. The molecule has 5 rings (SSSR count). The van der Waals surface area contributed by atoms with Crippen LogP contribution in [0.15, 0.2) is 109 Å². The zero-order chi connectivity index (χ0) is 26.3. The highest BCUT2D eigenvalue weighted by Crippen LogP contribution is 2.30. The smallest absolute Gasteiger partial charge is 0.255 e. The van der Waals surface area contributed by atoms with E-state index in [-0.39, 0.29) is 11.8 Å². The summed E-state index contributed by atoms with van der Waals surface area (Å²) in [6.45, 7) is 2.33. The van der Waals surface area contributed by atoms with Crippen molar-refractivity contribution >= 4 is 17.5 Å². The van der Waals surface area contributed by atoms with Crippen molar-refractivity contribution in [3.8, 4) is 22.6 Å². The van der Waals surface area contributed by atoms with Crippen LogP contribution in [0.1, 0.15) is 39.5 Å². The number of hydrogen-bond donors (Lipinski definition) is 1. The predicted molar refractivity (Wildman–Crippen MR) is 152 cm³/mol. The number of nitrogens with one attached hydrogen (secondary N) is 1. The maximum Gasteiger partial charge on any atom is 0.255 e. The molecule has 188 valence electrons. The summed E-state index contributed by atoms with van der Waals surface area (Å²) >= 11 is 6.30. The Kier molecular flexibility index (Phi) is 7.86. The lowest BCUT2D eigenvalue weighted by atomic mass is 9.88. The Bertz CT molecular complexity index is 1490. The highest BCUT2D eigenvalue weighted by molar-refractivity contribution is 6.30. The van der Waals surface area contributed by atoms with Crippen molar-refractivity contribution < 1.29 is 4.79 Å². The Morgan fingerprint density at radius 3 is 2.16 bits per heavy atom. The summed E-state index contributed by atoms with van der Waals surface area (Å²) in [5, 5.41) is 3.70. The Labute approximate surface area is 227 Å². The molecule has 2 heterocycles. The van der Waals surface area contributed by atoms with Crippen molar-refractivity contribution in [2.45, 2.75) is 19.3 Å². The lowest BCUT2D eigenvalue weighted by Crippen LogP contribution is -2.28. The number of hydrogen-bond acceptors (Lipinski definition) is 4. The molecule has 1 N–H and O–H groups in total. The Balaban J connectivity index is 1.44. The molecule has 2 aromatic heterocycles. The molecule has 0 fully saturated rings. The van der Waals surface area contributed by atoms with E-state index < -0.39 is 0 Å². The number of amides is 1. The van der Waals surface area contributed by atoms with Gasteiger partial charge in [-0.15, -0.1) is 0 Å². The first kappa shape index (κ1) is 25.3. The zero-order valence-corrected chi connectivity index (χ0v) is 21.8. The van der Waals surface area contributed by atoms with Crippen LogP contribution in [0.2, 0.25) is 5.02 Å². The average Bonchev–Trinajstić information content (AvgIpc) is 2.96. The van der Waals surface area contributed by atoms with Gasteiger partial charge in [0, 0.05) is 41.0 Å². The molecule has 5 nitrogen and oxygen atoms in total. The number of pyridine rings is 1. The van der Waals surface area contributed by atoms with E-state index in [1.807, 2.05) is 73.7 Å². The SMILES string of the molecule is Cc1nc(-c2cccnc2)nc(-c2cccc(Cl)c2)c1C(=O)NCCC(c1ccccc1)c1ccccc1. The monoisotopic (exact) mass is 518 g/mol. The maximum atomic E-state index is 13.6. The fourth-order valence-electron chi connectivity index (χ4n) is 4.63. The summed E-state index contributed by atoms with van der Waals surface area (Å²) < 4.78 is 0. The van der Waals surface area contributed by atoms with E-state index in [9.17, 15) is 4.79 Å². The summed E-state index contributed by atoms with van der Waals surface area (Å²) in [4.78, 5) is 27.3. The fourth-order valence-corrected chi connectivity index (χ4v) is 4.82. The van der Waals surface area contributed by atoms with Crippen molar-refractivity contribution in [2.75, 3.05) is 6.54 Å². The fraction of sp³-hybridized carbons (Fsp3) is 0.125. The number of benzene rings is 3. The van der Waals surface area contributed by atoms with Gasteiger partial charge >= 0.3 is 0 Å². The van der Waals surface area contributed by atoms with Gasteiger partial charge in [0.25, 0.3) is 5.91 Å². The van der Waals surface area contributed by atoms with Gasteiger partial charge in [-0.1, -0.05) is 84.4 Å². The van der Waals surface area contributed by atoms with Crippen molar-refractivity contribution in [1.29, 1.82) is 0 Å². The van der Waals surface area contributed by atoms with Gasteiger partial charge in [-0.2, -0.15) is 0 Å². The van der Waals surface area contributed by atoms with E-state index in [4.69, 9.17) is 16.6 Å². The first-order chi connectivity index (χ1) is 18.6. The van der Waals surface area contributed by atoms with Gasteiger partial charge in [-0.05, 0) is 48.7 Å². The quantitative estimate of drug-likeness (QED) is 0.237. The second-order valence-electron chi connectivity index (χ2n) is 9.03. The Morgan fingerprint density at radius 2 is 1.53 bits per heavy atom. The van der Waals surface area contributed by atoms with E-state index in [2.05, 4.69) is 39.6 Å². The third-order valence-corrected chi connectivity index (χ3v) is 6.69. The molecular weight excluding hydrogens is 492 g/mol. The minimum atomic E-state index is -0.213. The molecule has 3 aromatic carbocycles. The second kappa shape index (κ2) is 11.8. The van der Waals surface area contributed by atoms with E-state index in [0.717, 1.165) is 17.5 Å². The Hall–Kier alpha value is -4.35. The minimum Gasteiger partial charge on any atom is -0.352 e. The molecule has 6 heteroatoms. The molecule has 0 spiro atoms. The van der Waals surface area contributed by atoms with Crippen LogP contribution in [0.4, 0.5) is 0 Å². The van der Waals surface area contributed by atoms with Crippen LogP contribution in [-0.4, -0.2) is 27.4 Å². The standard InChI is InChI=1S/C32H27ClN4O/c1-22-29(30(25-14-8-16-27(33)20-25)37-31(36-22)26-15-9-18-34-21-26)32(38)35-19-17-28(23-10-4-2-5-11-23)24-12-6-3-7-13-24/h2-16,18,20-21,28H,17,19H2,1H3,(H,35,38). The maximum absolute atomic E-state index is 13.6. The van der Waals surface area contributed by atoms with E-state index in [0.29, 0.717) is 34.3 Å². The topological polar surface area (TPSA) is 67.8 Å². The van der Waals surface area contributed by atoms with Gasteiger partial charge in [0.05, 0.1) is 17.0 Å². The van der Waals surface area contributed by atoms with Crippen LogP contribution in [-0.2, 0) is 0 Å². The molecule has 0 saturated carbocycles. The molecular formula is C32H27ClN4O. The van der Waals surface area contributed by atoms with Crippen LogP contribution in [0, 0.1) is 6.92 Å². The second-order valence-corrected chi connectivity index (χ2v) is 9.46.